The number of hydrogen-bond donors (Lipinski definition) is 2. The molecule has 142 valence electrons. The second kappa shape index (κ2) is 7.78. The van der Waals surface area contributed by atoms with Gasteiger partial charge >= 0.3 is 5.69 Å². The maximum absolute atomic E-state index is 11.7. The number of nitrogens with one attached hydrogen (secondary N) is 2. The van der Waals surface area contributed by atoms with Crippen LogP contribution in [0.4, 0.5) is 23.0 Å². The van der Waals surface area contributed by atoms with Crippen LogP contribution in [0.15, 0.2) is 54.9 Å². The summed E-state index contributed by atoms with van der Waals surface area (Å²) in [4.78, 5) is 19.2. The topological polar surface area (TPSA) is 111 Å². The molecule has 0 aliphatic carbocycles. The summed E-state index contributed by atoms with van der Waals surface area (Å²) in [6.45, 7) is 0.660. The third-order valence-corrected chi connectivity index (χ3v) is 4.19. The molecule has 0 fully saturated rings. The summed E-state index contributed by atoms with van der Waals surface area (Å²) < 4.78 is 10.6. The van der Waals surface area contributed by atoms with Gasteiger partial charge in [0.05, 0.1) is 4.92 Å². The Labute approximate surface area is 160 Å². The molecule has 2 N–H and O–H groups in total. The summed E-state index contributed by atoms with van der Waals surface area (Å²) in [5.41, 5.74) is 1.51. The van der Waals surface area contributed by atoms with Gasteiger partial charge in [0.15, 0.2) is 11.5 Å². The molecule has 0 atom stereocenters. The maximum Gasteiger partial charge on any atom is 0.353 e. The van der Waals surface area contributed by atoms with Crippen molar-refractivity contribution in [3.8, 4) is 11.5 Å². The summed E-state index contributed by atoms with van der Waals surface area (Å²) >= 11 is 0. The molecule has 3 aromatic rings. The van der Waals surface area contributed by atoms with Crippen LogP contribution in [0.1, 0.15) is 5.56 Å². The maximum atomic E-state index is 11.7. The number of nitrogens with zero attached hydrogens (tertiary/aromatic N) is 3. The molecule has 0 saturated carbocycles. The fraction of sp³-hybridized carbons (Fsp3) is 0.158. The molecule has 4 rings (SSSR count). The van der Waals surface area contributed by atoms with Crippen LogP contribution in [0, 0.1) is 10.1 Å². The molecule has 1 aromatic heterocycles. The summed E-state index contributed by atoms with van der Waals surface area (Å²) in [5.74, 6) is 1.47. The van der Waals surface area contributed by atoms with Crippen molar-refractivity contribution in [2.24, 2.45) is 0 Å². The summed E-state index contributed by atoms with van der Waals surface area (Å²) in [5, 5.41) is 17.7. The SMILES string of the molecule is O=[N+]([O-])c1c(NCCc2ccccc2)ncnc1Nc1ccc2c(c1)OCO2. The number of hydrogen-bond acceptors (Lipinski definition) is 8. The Hall–Kier alpha value is -3.88. The lowest BCUT2D eigenvalue weighted by Crippen LogP contribution is -2.10. The first-order chi connectivity index (χ1) is 13.7. The van der Waals surface area contributed by atoms with Crippen LogP contribution in [-0.4, -0.2) is 28.2 Å². The lowest BCUT2D eigenvalue weighted by atomic mass is 10.1. The van der Waals surface area contributed by atoms with Gasteiger partial charge in [0.25, 0.3) is 0 Å². The van der Waals surface area contributed by atoms with E-state index < -0.39 is 4.92 Å². The van der Waals surface area contributed by atoms with Gasteiger partial charge in [0.1, 0.15) is 6.33 Å². The van der Waals surface area contributed by atoms with Crippen LogP contribution < -0.4 is 20.1 Å². The molecule has 2 aromatic carbocycles. The first-order valence-electron chi connectivity index (χ1n) is 8.64. The van der Waals surface area contributed by atoms with Crippen LogP contribution in [0.25, 0.3) is 0 Å². The van der Waals surface area contributed by atoms with Gasteiger partial charge in [-0.3, -0.25) is 10.1 Å². The third kappa shape index (κ3) is 3.78. The zero-order valence-electron chi connectivity index (χ0n) is 14.8. The van der Waals surface area contributed by atoms with E-state index in [2.05, 4.69) is 20.6 Å². The van der Waals surface area contributed by atoms with Gasteiger partial charge in [0, 0.05) is 18.3 Å². The number of rotatable bonds is 7. The highest BCUT2D eigenvalue weighted by atomic mass is 16.7. The van der Waals surface area contributed by atoms with E-state index in [1.165, 1.54) is 6.33 Å². The lowest BCUT2D eigenvalue weighted by Gasteiger charge is -2.10. The van der Waals surface area contributed by atoms with Gasteiger partial charge in [-0.05, 0) is 24.1 Å². The van der Waals surface area contributed by atoms with Crippen molar-refractivity contribution in [3.63, 3.8) is 0 Å². The van der Waals surface area contributed by atoms with E-state index in [-0.39, 0.29) is 24.1 Å². The Morgan fingerprint density at radius 1 is 1.04 bits per heavy atom. The van der Waals surface area contributed by atoms with Crippen molar-refractivity contribution in [2.45, 2.75) is 6.42 Å². The number of anilines is 3. The average molecular weight is 379 g/mol. The number of nitro groups is 1. The smallest absolute Gasteiger partial charge is 0.353 e. The number of ether oxygens (including phenoxy) is 2. The first kappa shape index (κ1) is 17.5. The second-order valence-electron chi connectivity index (χ2n) is 6.03. The summed E-state index contributed by atoms with van der Waals surface area (Å²) in [6.07, 6.45) is 2.00. The van der Waals surface area contributed by atoms with Gasteiger partial charge in [-0.15, -0.1) is 0 Å². The van der Waals surface area contributed by atoms with Gasteiger partial charge in [-0.2, -0.15) is 0 Å². The highest BCUT2D eigenvalue weighted by Crippen LogP contribution is 2.37. The fourth-order valence-corrected chi connectivity index (χ4v) is 2.85. The second-order valence-corrected chi connectivity index (χ2v) is 6.03. The molecule has 0 bridgehead atoms. The molecular formula is C19H17N5O4. The Morgan fingerprint density at radius 3 is 2.64 bits per heavy atom. The highest BCUT2D eigenvalue weighted by molar-refractivity contribution is 5.74. The highest BCUT2D eigenvalue weighted by Gasteiger charge is 2.23. The van der Waals surface area contributed by atoms with Crippen molar-refractivity contribution in [3.05, 3.63) is 70.5 Å². The van der Waals surface area contributed by atoms with Crippen LogP contribution >= 0.6 is 0 Å². The van der Waals surface area contributed by atoms with Gasteiger partial charge in [-0.25, -0.2) is 9.97 Å². The van der Waals surface area contributed by atoms with E-state index in [1.807, 2.05) is 30.3 Å². The molecule has 28 heavy (non-hydrogen) atoms. The number of aromatic nitrogens is 2. The zero-order chi connectivity index (χ0) is 19.3. The van der Waals surface area contributed by atoms with E-state index in [9.17, 15) is 10.1 Å². The summed E-state index contributed by atoms with van der Waals surface area (Å²) in [6, 6.07) is 15.0. The van der Waals surface area contributed by atoms with Crippen molar-refractivity contribution in [1.82, 2.24) is 9.97 Å². The van der Waals surface area contributed by atoms with Crippen molar-refractivity contribution in [2.75, 3.05) is 24.0 Å². The Balaban J connectivity index is 1.52. The Kier molecular flexibility index (Phi) is 4.87. The predicted molar refractivity (Wildman–Crippen MR) is 103 cm³/mol. The lowest BCUT2D eigenvalue weighted by molar-refractivity contribution is -0.383. The van der Waals surface area contributed by atoms with Crippen molar-refractivity contribution < 1.29 is 14.4 Å². The van der Waals surface area contributed by atoms with Gasteiger partial charge in [-0.1, -0.05) is 30.3 Å². The molecule has 1 aliphatic heterocycles. The van der Waals surface area contributed by atoms with Crippen LogP contribution in [0.5, 0.6) is 11.5 Å². The van der Waals surface area contributed by atoms with Crippen molar-refractivity contribution >= 4 is 23.0 Å². The fourth-order valence-electron chi connectivity index (χ4n) is 2.85. The van der Waals surface area contributed by atoms with Gasteiger partial charge < -0.3 is 20.1 Å². The first-order valence-corrected chi connectivity index (χ1v) is 8.64. The van der Waals surface area contributed by atoms with Crippen molar-refractivity contribution in [1.29, 1.82) is 0 Å². The monoisotopic (exact) mass is 379 g/mol. The minimum absolute atomic E-state index is 0.0982. The molecule has 0 unspecified atom stereocenters. The van der Waals surface area contributed by atoms with E-state index in [0.29, 0.717) is 30.2 Å². The van der Waals surface area contributed by atoms with E-state index in [1.54, 1.807) is 18.2 Å². The third-order valence-electron chi connectivity index (χ3n) is 4.19. The van der Waals surface area contributed by atoms with E-state index in [0.717, 1.165) is 5.56 Å². The van der Waals surface area contributed by atoms with Crippen LogP contribution in [0.2, 0.25) is 0 Å². The molecule has 0 saturated heterocycles. The molecular weight excluding hydrogens is 362 g/mol. The quantitative estimate of drug-likeness (QED) is 0.474. The largest absolute Gasteiger partial charge is 0.454 e. The Bertz CT molecular complexity index is 997. The molecule has 9 heteroatoms. The molecule has 0 radical (unpaired) electrons. The standard InChI is InChI=1S/C19H17N5O4/c25-24(26)17-18(20-9-8-13-4-2-1-3-5-13)21-11-22-19(17)23-14-6-7-15-16(10-14)28-12-27-15/h1-7,10-11H,8-9,12H2,(H2,20,21,22,23). The normalized spacial score (nSPS) is 11.9. The van der Waals surface area contributed by atoms with Gasteiger partial charge in [0.2, 0.25) is 18.4 Å². The number of benzene rings is 2. The minimum Gasteiger partial charge on any atom is -0.454 e. The summed E-state index contributed by atoms with van der Waals surface area (Å²) in [7, 11) is 0. The molecule has 1 aliphatic rings. The minimum atomic E-state index is -0.500. The molecule has 2 heterocycles. The zero-order valence-corrected chi connectivity index (χ0v) is 14.8. The predicted octanol–water partition coefficient (Wildman–Crippen LogP) is 3.51. The van der Waals surface area contributed by atoms with Crippen LogP contribution in [0.3, 0.4) is 0 Å². The van der Waals surface area contributed by atoms with E-state index in [4.69, 9.17) is 9.47 Å². The van der Waals surface area contributed by atoms with Crippen LogP contribution in [-0.2, 0) is 6.42 Å². The average Bonchev–Trinajstić information content (AvgIpc) is 3.16. The Morgan fingerprint density at radius 2 is 1.82 bits per heavy atom. The molecule has 0 amide bonds. The molecule has 0 spiro atoms. The molecule has 9 nitrogen and oxygen atoms in total. The number of fused-ring (bicyclic) bond motifs is 1. The van der Waals surface area contributed by atoms with E-state index >= 15 is 0 Å².